The fraction of sp³-hybridized carbons (Fsp3) is 0.462. The molecule has 94 valence electrons. The summed E-state index contributed by atoms with van der Waals surface area (Å²) in [5.41, 5.74) is 2.45. The zero-order chi connectivity index (χ0) is 13.0. The monoisotopic (exact) mass is 253 g/mol. The second kappa shape index (κ2) is 5.96. The highest BCUT2D eigenvalue weighted by molar-refractivity contribution is 7.85. The maximum atomic E-state index is 12.0. The minimum absolute atomic E-state index is 0.334. The zero-order valence-electron chi connectivity index (χ0n) is 10.7. The summed E-state index contributed by atoms with van der Waals surface area (Å²) in [7, 11) is -0.988. The van der Waals surface area contributed by atoms with Gasteiger partial charge in [0.25, 0.3) is 0 Å². The summed E-state index contributed by atoms with van der Waals surface area (Å²) >= 11 is 0. The first-order valence-corrected chi connectivity index (χ1v) is 7.04. The molecule has 0 fully saturated rings. The molecule has 1 aromatic carbocycles. The van der Waals surface area contributed by atoms with Crippen molar-refractivity contribution in [2.24, 2.45) is 5.16 Å². The highest BCUT2D eigenvalue weighted by Crippen LogP contribution is 2.24. The Labute approximate surface area is 105 Å². The molecule has 0 aliphatic heterocycles. The fourth-order valence-electron chi connectivity index (χ4n) is 1.65. The molecule has 0 saturated carbocycles. The predicted molar refractivity (Wildman–Crippen MR) is 71.5 cm³/mol. The van der Waals surface area contributed by atoms with Gasteiger partial charge in [0.1, 0.15) is 0 Å². The van der Waals surface area contributed by atoms with Gasteiger partial charge in [0.15, 0.2) is 0 Å². The molecule has 1 atom stereocenters. The molecule has 0 saturated heterocycles. The lowest BCUT2D eigenvalue weighted by Crippen LogP contribution is -2.04. The summed E-state index contributed by atoms with van der Waals surface area (Å²) in [6.45, 7) is 7.79. The first-order chi connectivity index (χ1) is 8.01. The van der Waals surface area contributed by atoms with E-state index in [9.17, 15) is 4.21 Å². The van der Waals surface area contributed by atoms with Crippen LogP contribution in [0.15, 0.2) is 28.3 Å². The van der Waals surface area contributed by atoms with Crippen LogP contribution in [-0.2, 0) is 10.8 Å². The third-order valence-electron chi connectivity index (χ3n) is 2.71. The SMILES string of the molecule is CCS(=O)c1cc(/C(C)=N/O)ccc1C(C)C. The molecule has 0 radical (unpaired) electrons. The second-order valence-electron chi connectivity index (χ2n) is 4.23. The molecule has 1 aromatic rings. The highest BCUT2D eigenvalue weighted by Gasteiger charge is 2.13. The molecular formula is C13H19NO2S. The zero-order valence-corrected chi connectivity index (χ0v) is 11.5. The smallest absolute Gasteiger partial charge is 0.0837 e. The van der Waals surface area contributed by atoms with Gasteiger partial charge in [0.05, 0.1) is 16.5 Å². The molecule has 1 rings (SSSR count). The normalized spacial score (nSPS) is 14.1. The predicted octanol–water partition coefficient (Wildman–Crippen LogP) is 3.14. The summed E-state index contributed by atoms with van der Waals surface area (Å²) in [6.07, 6.45) is 0. The number of rotatable bonds is 4. The summed E-state index contributed by atoms with van der Waals surface area (Å²) < 4.78 is 12.0. The Bertz CT molecular complexity index is 453. The molecule has 0 spiro atoms. The summed E-state index contributed by atoms with van der Waals surface area (Å²) in [6, 6.07) is 5.74. The molecular weight excluding hydrogens is 234 g/mol. The Hall–Kier alpha value is -1.16. The van der Waals surface area contributed by atoms with E-state index in [2.05, 4.69) is 19.0 Å². The van der Waals surface area contributed by atoms with Gasteiger partial charge in [-0.05, 0) is 24.5 Å². The van der Waals surface area contributed by atoms with Gasteiger partial charge in [-0.3, -0.25) is 4.21 Å². The third kappa shape index (κ3) is 3.16. The average molecular weight is 253 g/mol. The van der Waals surface area contributed by atoms with Crippen LogP contribution in [0.2, 0.25) is 0 Å². The van der Waals surface area contributed by atoms with Crippen molar-refractivity contribution in [2.45, 2.75) is 38.5 Å². The number of hydrogen-bond acceptors (Lipinski definition) is 3. The van der Waals surface area contributed by atoms with Gasteiger partial charge >= 0.3 is 0 Å². The van der Waals surface area contributed by atoms with Crippen LogP contribution in [0.3, 0.4) is 0 Å². The van der Waals surface area contributed by atoms with Crippen molar-refractivity contribution in [1.82, 2.24) is 0 Å². The summed E-state index contributed by atoms with van der Waals surface area (Å²) in [4.78, 5) is 0.850. The van der Waals surface area contributed by atoms with Crippen LogP contribution in [0.25, 0.3) is 0 Å². The maximum Gasteiger partial charge on any atom is 0.0837 e. The molecule has 0 bridgehead atoms. The van der Waals surface area contributed by atoms with Gasteiger partial charge in [-0.2, -0.15) is 0 Å². The lowest BCUT2D eigenvalue weighted by Gasteiger charge is -2.13. The Morgan fingerprint density at radius 3 is 2.59 bits per heavy atom. The van der Waals surface area contributed by atoms with Crippen molar-refractivity contribution < 1.29 is 9.42 Å². The van der Waals surface area contributed by atoms with Crippen LogP contribution in [0, 0.1) is 0 Å². The van der Waals surface area contributed by atoms with Crippen LogP contribution in [0.5, 0.6) is 0 Å². The molecule has 0 aromatic heterocycles. The Kier molecular flexibility index (Phi) is 4.87. The molecule has 0 aliphatic rings. The van der Waals surface area contributed by atoms with Crippen LogP contribution in [0.1, 0.15) is 44.7 Å². The Balaban J connectivity index is 3.34. The van der Waals surface area contributed by atoms with Gasteiger partial charge in [-0.15, -0.1) is 0 Å². The Morgan fingerprint density at radius 2 is 2.12 bits per heavy atom. The minimum Gasteiger partial charge on any atom is -0.411 e. The quantitative estimate of drug-likeness (QED) is 0.509. The first kappa shape index (κ1) is 13.9. The number of nitrogens with zero attached hydrogens (tertiary/aromatic N) is 1. The minimum atomic E-state index is -0.988. The maximum absolute atomic E-state index is 12.0. The number of oxime groups is 1. The first-order valence-electron chi connectivity index (χ1n) is 5.72. The van der Waals surface area contributed by atoms with Gasteiger partial charge in [0.2, 0.25) is 0 Å². The van der Waals surface area contributed by atoms with E-state index in [1.54, 1.807) is 6.92 Å². The molecule has 0 amide bonds. The van der Waals surface area contributed by atoms with Crippen molar-refractivity contribution >= 4 is 16.5 Å². The number of hydrogen-bond donors (Lipinski definition) is 1. The molecule has 0 heterocycles. The van der Waals surface area contributed by atoms with Crippen molar-refractivity contribution in [2.75, 3.05) is 5.75 Å². The van der Waals surface area contributed by atoms with Crippen molar-refractivity contribution in [3.63, 3.8) is 0 Å². The van der Waals surface area contributed by atoms with Crippen LogP contribution >= 0.6 is 0 Å². The third-order valence-corrected chi connectivity index (χ3v) is 4.08. The topological polar surface area (TPSA) is 49.7 Å². The molecule has 3 nitrogen and oxygen atoms in total. The molecule has 0 aliphatic carbocycles. The molecule has 1 unspecified atom stereocenters. The van der Waals surface area contributed by atoms with Crippen LogP contribution in [0.4, 0.5) is 0 Å². The molecule has 4 heteroatoms. The van der Waals surface area contributed by atoms with E-state index in [1.165, 1.54) is 0 Å². The lowest BCUT2D eigenvalue weighted by molar-refractivity contribution is 0.319. The van der Waals surface area contributed by atoms with Gasteiger partial charge in [0, 0.05) is 16.2 Å². The standard InChI is InChI=1S/C13H19NO2S/c1-5-17(16)13-8-11(10(4)14-15)6-7-12(13)9(2)3/h6-9,15H,5H2,1-4H3/b14-10+. The van der Waals surface area contributed by atoms with Gasteiger partial charge in [-0.25, -0.2) is 0 Å². The van der Waals surface area contributed by atoms with E-state index in [0.29, 0.717) is 17.4 Å². The van der Waals surface area contributed by atoms with Gasteiger partial charge < -0.3 is 5.21 Å². The van der Waals surface area contributed by atoms with E-state index in [1.807, 2.05) is 25.1 Å². The van der Waals surface area contributed by atoms with Crippen molar-refractivity contribution in [1.29, 1.82) is 0 Å². The highest BCUT2D eigenvalue weighted by atomic mass is 32.2. The van der Waals surface area contributed by atoms with E-state index >= 15 is 0 Å². The van der Waals surface area contributed by atoms with Crippen molar-refractivity contribution in [3.8, 4) is 0 Å². The van der Waals surface area contributed by atoms with Crippen LogP contribution in [-0.4, -0.2) is 20.9 Å². The van der Waals surface area contributed by atoms with Gasteiger partial charge in [-0.1, -0.05) is 38.1 Å². The van der Waals surface area contributed by atoms with E-state index in [-0.39, 0.29) is 0 Å². The van der Waals surface area contributed by atoms with E-state index in [0.717, 1.165) is 16.0 Å². The largest absolute Gasteiger partial charge is 0.411 e. The second-order valence-corrected chi connectivity index (χ2v) is 5.94. The molecule has 1 N–H and O–H groups in total. The molecule has 17 heavy (non-hydrogen) atoms. The Morgan fingerprint density at radius 1 is 1.47 bits per heavy atom. The summed E-state index contributed by atoms with van der Waals surface area (Å²) in [5.74, 6) is 0.930. The van der Waals surface area contributed by atoms with E-state index < -0.39 is 10.8 Å². The fourth-order valence-corrected chi connectivity index (χ4v) is 2.78. The van der Waals surface area contributed by atoms with Crippen LogP contribution < -0.4 is 0 Å². The number of benzene rings is 1. The summed E-state index contributed by atoms with van der Waals surface area (Å²) in [5, 5.41) is 11.9. The lowest BCUT2D eigenvalue weighted by atomic mass is 10.0. The van der Waals surface area contributed by atoms with Crippen molar-refractivity contribution in [3.05, 3.63) is 29.3 Å². The van der Waals surface area contributed by atoms with E-state index in [4.69, 9.17) is 5.21 Å². The average Bonchev–Trinajstić information content (AvgIpc) is 2.35.